The standard InChI is InChI=1S/C11H15N3O4/c1-7-3-4-12-5-8(7)14-10(17)13-6-11(2,18)9(15)16/h3-5,18H,6H2,1-2H3,(H,15,16)(H2,13,14,17). The van der Waals surface area contributed by atoms with Gasteiger partial charge in [-0.15, -0.1) is 0 Å². The molecule has 1 unspecified atom stereocenters. The van der Waals surface area contributed by atoms with Crippen molar-refractivity contribution in [3.8, 4) is 0 Å². The lowest BCUT2D eigenvalue weighted by Gasteiger charge is -2.18. The van der Waals surface area contributed by atoms with Crippen molar-refractivity contribution >= 4 is 17.7 Å². The summed E-state index contributed by atoms with van der Waals surface area (Å²) in [5.74, 6) is -1.40. The van der Waals surface area contributed by atoms with E-state index in [4.69, 9.17) is 5.11 Å². The van der Waals surface area contributed by atoms with Gasteiger partial charge in [-0.1, -0.05) is 0 Å². The highest BCUT2D eigenvalue weighted by Crippen LogP contribution is 2.10. The zero-order valence-corrected chi connectivity index (χ0v) is 10.1. The van der Waals surface area contributed by atoms with Gasteiger partial charge in [-0.25, -0.2) is 9.59 Å². The van der Waals surface area contributed by atoms with Crippen molar-refractivity contribution in [2.45, 2.75) is 19.4 Å². The lowest BCUT2D eigenvalue weighted by atomic mass is 10.1. The van der Waals surface area contributed by atoms with Gasteiger partial charge in [0.05, 0.1) is 18.4 Å². The van der Waals surface area contributed by atoms with Gasteiger partial charge in [0.2, 0.25) is 0 Å². The molecule has 1 aromatic heterocycles. The van der Waals surface area contributed by atoms with Crippen LogP contribution in [0.2, 0.25) is 0 Å². The molecule has 0 saturated heterocycles. The number of nitrogens with one attached hydrogen (secondary N) is 2. The fourth-order valence-corrected chi connectivity index (χ4v) is 1.09. The molecule has 7 nitrogen and oxygen atoms in total. The number of pyridine rings is 1. The summed E-state index contributed by atoms with van der Waals surface area (Å²) < 4.78 is 0. The predicted molar refractivity (Wildman–Crippen MR) is 64.3 cm³/mol. The van der Waals surface area contributed by atoms with E-state index in [-0.39, 0.29) is 0 Å². The molecule has 18 heavy (non-hydrogen) atoms. The topological polar surface area (TPSA) is 112 Å². The summed E-state index contributed by atoms with van der Waals surface area (Å²) in [6, 6.07) is 1.12. The highest BCUT2D eigenvalue weighted by molar-refractivity contribution is 5.90. The minimum atomic E-state index is -2.00. The summed E-state index contributed by atoms with van der Waals surface area (Å²) in [7, 11) is 0. The van der Waals surface area contributed by atoms with Crippen molar-refractivity contribution in [1.82, 2.24) is 10.3 Å². The fourth-order valence-electron chi connectivity index (χ4n) is 1.09. The van der Waals surface area contributed by atoms with Gasteiger partial charge < -0.3 is 20.8 Å². The Balaban J connectivity index is 2.54. The second-order valence-electron chi connectivity index (χ2n) is 4.08. The number of carboxylic acids is 1. The highest BCUT2D eigenvalue weighted by atomic mass is 16.4. The molecular weight excluding hydrogens is 238 g/mol. The quantitative estimate of drug-likeness (QED) is 0.618. The van der Waals surface area contributed by atoms with Crippen molar-refractivity contribution < 1.29 is 19.8 Å². The number of carbonyl (C=O) groups is 2. The van der Waals surface area contributed by atoms with Crippen LogP contribution >= 0.6 is 0 Å². The summed E-state index contributed by atoms with van der Waals surface area (Å²) in [5.41, 5.74) is -0.656. The molecule has 0 aliphatic carbocycles. The van der Waals surface area contributed by atoms with E-state index >= 15 is 0 Å². The Hall–Kier alpha value is -2.15. The van der Waals surface area contributed by atoms with E-state index in [0.717, 1.165) is 12.5 Å². The number of carboxylic acid groups (broad SMARTS) is 1. The van der Waals surface area contributed by atoms with Crippen molar-refractivity contribution in [3.05, 3.63) is 24.0 Å². The number of hydrogen-bond acceptors (Lipinski definition) is 4. The summed E-state index contributed by atoms with van der Waals surface area (Å²) >= 11 is 0. The number of carbonyl (C=O) groups excluding carboxylic acids is 1. The van der Waals surface area contributed by atoms with Gasteiger partial charge in [0.15, 0.2) is 5.60 Å². The molecule has 7 heteroatoms. The molecule has 98 valence electrons. The first-order chi connectivity index (χ1) is 8.33. The van der Waals surface area contributed by atoms with Gasteiger partial charge in [0, 0.05) is 6.20 Å². The monoisotopic (exact) mass is 253 g/mol. The lowest BCUT2D eigenvalue weighted by Crippen LogP contribution is -2.47. The van der Waals surface area contributed by atoms with Crippen molar-refractivity contribution in [2.75, 3.05) is 11.9 Å². The largest absolute Gasteiger partial charge is 0.479 e. The Morgan fingerprint density at radius 2 is 2.17 bits per heavy atom. The Kier molecular flexibility index (Phi) is 4.22. The second-order valence-corrected chi connectivity index (χ2v) is 4.08. The van der Waals surface area contributed by atoms with E-state index in [2.05, 4.69) is 15.6 Å². The minimum Gasteiger partial charge on any atom is -0.479 e. The third-order valence-corrected chi connectivity index (χ3v) is 2.34. The van der Waals surface area contributed by atoms with E-state index in [1.807, 2.05) is 0 Å². The zero-order chi connectivity index (χ0) is 13.8. The van der Waals surface area contributed by atoms with Crippen LogP contribution in [0.25, 0.3) is 0 Å². The average molecular weight is 253 g/mol. The maximum Gasteiger partial charge on any atom is 0.337 e. The van der Waals surface area contributed by atoms with Crippen LogP contribution < -0.4 is 10.6 Å². The molecule has 0 aliphatic rings. The van der Waals surface area contributed by atoms with Crippen LogP contribution in [-0.4, -0.2) is 39.3 Å². The van der Waals surface area contributed by atoms with Crippen LogP contribution in [0.4, 0.5) is 10.5 Å². The molecule has 1 atom stereocenters. The van der Waals surface area contributed by atoms with E-state index in [9.17, 15) is 14.7 Å². The molecule has 0 spiro atoms. The van der Waals surface area contributed by atoms with Crippen molar-refractivity contribution in [1.29, 1.82) is 0 Å². The van der Waals surface area contributed by atoms with Crippen LogP contribution in [0, 0.1) is 6.92 Å². The van der Waals surface area contributed by atoms with Gasteiger partial charge >= 0.3 is 12.0 Å². The Labute approximate surface area is 104 Å². The SMILES string of the molecule is Cc1ccncc1NC(=O)NCC(C)(O)C(=O)O. The van der Waals surface area contributed by atoms with Crippen molar-refractivity contribution in [2.24, 2.45) is 0 Å². The normalized spacial score (nSPS) is 13.5. The second kappa shape index (κ2) is 5.46. The third kappa shape index (κ3) is 3.70. The molecule has 1 aromatic rings. The molecule has 0 aliphatic heterocycles. The molecule has 1 rings (SSSR count). The van der Waals surface area contributed by atoms with Gasteiger partial charge in [-0.2, -0.15) is 0 Å². The van der Waals surface area contributed by atoms with Crippen LogP contribution in [0.15, 0.2) is 18.5 Å². The number of anilines is 1. The molecule has 1 heterocycles. The molecule has 2 amide bonds. The molecular formula is C11H15N3O4. The van der Waals surface area contributed by atoms with E-state index in [1.54, 1.807) is 19.2 Å². The molecule has 0 saturated carbocycles. The molecule has 0 fully saturated rings. The third-order valence-electron chi connectivity index (χ3n) is 2.34. The number of aliphatic carboxylic acids is 1. The number of aromatic nitrogens is 1. The number of urea groups is 1. The van der Waals surface area contributed by atoms with Gasteiger partial charge in [0.1, 0.15) is 0 Å². The lowest BCUT2D eigenvalue weighted by molar-refractivity contribution is -0.155. The first kappa shape index (κ1) is 13.9. The fraction of sp³-hybridized carbons (Fsp3) is 0.364. The van der Waals surface area contributed by atoms with Gasteiger partial charge in [-0.05, 0) is 25.5 Å². The Morgan fingerprint density at radius 3 is 2.72 bits per heavy atom. The zero-order valence-electron chi connectivity index (χ0n) is 10.1. The van der Waals surface area contributed by atoms with Gasteiger partial charge in [0.25, 0.3) is 0 Å². The van der Waals surface area contributed by atoms with Crippen LogP contribution in [0.1, 0.15) is 12.5 Å². The Bertz CT molecular complexity index is 459. The number of rotatable bonds is 4. The number of aliphatic hydroxyl groups is 1. The molecule has 0 bridgehead atoms. The highest BCUT2D eigenvalue weighted by Gasteiger charge is 2.30. The smallest absolute Gasteiger partial charge is 0.337 e. The van der Waals surface area contributed by atoms with Crippen LogP contribution in [0.5, 0.6) is 0 Å². The molecule has 0 aromatic carbocycles. The Morgan fingerprint density at radius 1 is 1.50 bits per heavy atom. The molecule has 4 N–H and O–H groups in total. The number of amides is 2. The first-order valence-corrected chi connectivity index (χ1v) is 5.24. The summed E-state index contributed by atoms with van der Waals surface area (Å²) in [5, 5.41) is 22.8. The minimum absolute atomic E-state index is 0.395. The van der Waals surface area contributed by atoms with E-state index in [0.29, 0.717) is 5.69 Å². The number of nitrogens with zero attached hydrogens (tertiary/aromatic N) is 1. The van der Waals surface area contributed by atoms with Crippen molar-refractivity contribution in [3.63, 3.8) is 0 Å². The van der Waals surface area contributed by atoms with Crippen LogP contribution in [-0.2, 0) is 4.79 Å². The summed E-state index contributed by atoms with van der Waals surface area (Å²) in [6.07, 6.45) is 3.07. The summed E-state index contributed by atoms with van der Waals surface area (Å²) in [4.78, 5) is 25.9. The van der Waals surface area contributed by atoms with E-state index in [1.165, 1.54) is 6.20 Å². The number of aryl methyl sites for hydroxylation is 1. The average Bonchev–Trinajstić information content (AvgIpc) is 2.29. The van der Waals surface area contributed by atoms with E-state index < -0.39 is 24.1 Å². The van der Waals surface area contributed by atoms with Gasteiger partial charge in [-0.3, -0.25) is 4.98 Å². The van der Waals surface area contributed by atoms with Crippen LogP contribution in [0.3, 0.4) is 0 Å². The predicted octanol–water partition coefficient (Wildman–Crippen LogP) is 0.347. The molecule has 0 radical (unpaired) electrons. The number of hydrogen-bond donors (Lipinski definition) is 4. The summed E-state index contributed by atoms with van der Waals surface area (Å²) in [6.45, 7) is 2.50. The first-order valence-electron chi connectivity index (χ1n) is 5.24. The maximum atomic E-state index is 11.5. The maximum absolute atomic E-state index is 11.5.